The number of aliphatic hydroxyl groups is 4. The second-order valence-electron chi connectivity index (χ2n) is 23.1. The van der Waals surface area contributed by atoms with Gasteiger partial charge in [-0.3, -0.25) is 43.6 Å². The van der Waals surface area contributed by atoms with E-state index >= 15 is 0 Å². The monoisotopic (exact) mass is 1210 g/mol. The first kappa shape index (κ1) is 77.7. The van der Waals surface area contributed by atoms with E-state index in [-0.39, 0.29) is 42.1 Å². The minimum absolute atomic E-state index is 0.136. The normalized spacial score (nSPS) is 14.8. The van der Waals surface area contributed by atoms with Gasteiger partial charge in [0.2, 0.25) is 0 Å². The van der Waals surface area contributed by atoms with Crippen molar-refractivity contribution in [3.63, 3.8) is 0 Å². The Morgan fingerprint density at radius 3 is 1.15 bits per heavy atom. The minimum Gasteiger partial charge on any atom is -0.466 e. The van der Waals surface area contributed by atoms with E-state index in [9.17, 15) is 44.4 Å². The van der Waals surface area contributed by atoms with Gasteiger partial charge >= 0.3 is 29.8 Å². The molecule has 0 bridgehead atoms. The predicted octanol–water partition coefficient (Wildman–Crippen LogP) is 9.53. The van der Waals surface area contributed by atoms with Crippen molar-refractivity contribution in [3.05, 3.63) is 0 Å². The fourth-order valence-electron chi connectivity index (χ4n) is 9.66. The Balaban J connectivity index is 2.42. The van der Waals surface area contributed by atoms with E-state index in [0.717, 1.165) is 154 Å². The van der Waals surface area contributed by atoms with Crippen LogP contribution in [0.2, 0.25) is 0 Å². The fraction of sp³-hybridized carbons (Fsp3) is 0.919. The Kier molecular flexibility index (Phi) is 50.3. The van der Waals surface area contributed by atoms with Crippen molar-refractivity contribution in [1.82, 2.24) is 19.6 Å². The molecule has 0 aromatic heterocycles. The summed E-state index contributed by atoms with van der Waals surface area (Å²) >= 11 is 0. The molecule has 82 heavy (non-hydrogen) atoms. The Morgan fingerprint density at radius 2 is 0.732 bits per heavy atom. The molecule has 1 heterocycles. The van der Waals surface area contributed by atoms with Crippen molar-refractivity contribution in [2.24, 2.45) is 0 Å². The Hall–Kier alpha value is -2.27. The highest BCUT2D eigenvalue weighted by atomic mass is 33.1. The molecule has 0 aliphatic carbocycles. The summed E-state index contributed by atoms with van der Waals surface area (Å²) in [6.07, 6.45) is 17.7. The third-order valence-corrected chi connectivity index (χ3v) is 16.8. The average molecular weight is 1210 g/mol. The summed E-state index contributed by atoms with van der Waals surface area (Å²) in [5, 5.41) is 43.8. The first-order valence-electron chi connectivity index (χ1n) is 32.2. The number of hydrogen-bond donors (Lipinski definition) is 4. The van der Waals surface area contributed by atoms with Crippen LogP contribution in [0.4, 0.5) is 0 Å². The molecule has 0 aromatic rings. The van der Waals surface area contributed by atoms with Crippen LogP contribution < -0.4 is 0 Å². The number of unbranched alkanes of at least 4 members (excludes halogenated alkanes) is 11. The summed E-state index contributed by atoms with van der Waals surface area (Å²) in [7, 11) is 3.73. The van der Waals surface area contributed by atoms with Crippen molar-refractivity contribution >= 4 is 51.4 Å². The maximum atomic E-state index is 12.8. The highest BCUT2D eigenvalue weighted by Crippen LogP contribution is 2.23. The zero-order chi connectivity index (χ0) is 60.4. The van der Waals surface area contributed by atoms with E-state index in [1.165, 1.54) is 0 Å². The molecule has 1 fully saturated rings. The van der Waals surface area contributed by atoms with Gasteiger partial charge in [0.25, 0.3) is 0 Å². The lowest BCUT2D eigenvalue weighted by atomic mass is 10.1. The second kappa shape index (κ2) is 53.0. The molecule has 1 aliphatic rings. The molecule has 1 saturated heterocycles. The molecule has 0 radical (unpaired) electrons. The second-order valence-corrected chi connectivity index (χ2v) is 25.8. The van der Waals surface area contributed by atoms with Crippen LogP contribution in [0.25, 0.3) is 0 Å². The molecule has 4 N–H and O–H groups in total. The van der Waals surface area contributed by atoms with Gasteiger partial charge in [0.15, 0.2) is 0 Å². The lowest BCUT2D eigenvalue weighted by molar-refractivity contribution is -0.148. The highest BCUT2D eigenvalue weighted by Gasteiger charge is 2.21. The molecule has 1 rings (SSSR count). The number of hydrogen-bond acceptors (Lipinski definition) is 20. The molecular weight excluding hydrogens is 1090 g/mol. The summed E-state index contributed by atoms with van der Waals surface area (Å²) in [4.78, 5) is 69.6. The lowest BCUT2D eigenvalue weighted by Gasteiger charge is -2.34. The SMILES string of the molecule is CCCCOC(=O)CCCCCCC(O)CN(CCCCC(=O)OCCN1CCN(CCSSCCCN(CC(O)CCCCC(=O)OC(C)C)CC(O)CCCCC(=O)OC(C)C)CC1)CC(O)CCCCCCC(=O)OCCCC. The summed E-state index contributed by atoms with van der Waals surface area (Å²) in [6.45, 7) is 21.5. The van der Waals surface area contributed by atoms with Crippen LogP contribution in [0.1, 0.15) is 221 Å². The van der Waals surface area contributed by atoms with Crippen LogP contribution in [0.15, 0.2) is 0 Å². The van der Waals surface area contributed by atoms with Crippen LogP contribution in [0, 0.1) is 0 Å². The largest absolute Gasteiger partial charge is 0.466 e. The van der Waals surface area contributed by atoms with E-state index in [0.29, 0.717) is 136 Å². The number of aliphatic hydroxyl groups excluding tert-OH is 4. The van der Waals surface area contributed by atoms with Crippen molar-refractivity contribution in [2.75, 3.05) is 110 Å². The highest BCUT2D eigenvalue weighted by molar-refractivity contribution is 8.76. The molecule has 18 nitrogen and oxygen atoms in total. The standard InChI is InChI=1S/C62H118N4O14S2/c1-7-9-43-76-58(71)30-17-13-11-15-26-54(67)48-65(49-55(68)27-16-12-14-18-31-59(72)77-44-10-8-2)35-24-23-32-60(73)78-45-41-63-37-39-64(40-38-63)42-47-82-81-46-25-36-66(50-56(69)28-19-21-33-61(74)79-52(3)4)51-57(70)29-20-22-34-62(75)80-53(5)6/h52-57,67-70H,7-51H2,1-6H3. The Morgan fingerprint density at radius 1 is 0.402 bits per heavy atom. The summed E-state index contributed by atoms with van der Waals surface area (Å²) < 4.78 is 26.6. The molecule has 0 aromatic carbocycles. The van der Waals surface area contributed by atoms with E-state index in [1.54, 1.807) is 0 Å². The number of piperazine rings is 1. The average Bonchev–Trinajstić information content (AvgIpc) is 3.44. The number of ether oxygens (including phenoxy) is 5. The number of nitrogens with zero attached hydrogens (tertiary/aromatic N) is 4. The molecule has 4 unspecified atom stereocenters. The van der Waals surface area contributed by atoms with Gasteiger partial charge < -0.3 is 44.1 Å². The van der Waals surface area contributed by atoms with Gasteiger partial charge in [-0.15, -0.1) is 0 Å². The van der Waals surface area contributed by atoms with E-state index in [1.807, 2.05) is 49.3 Å². The Labute approximate surface area is 504 Å². The molecule has 4 atom stereocenters. The van der Waals surface area contributed by atoms with Crippen molar-refractivity contribution < 1.29 is 68.1 Å². The van der Waals surface area contributed by atoms with Gasteiger partial charge in [0, 0.05) is 109 Å². The van der Waals surface area contributed by atoms with Gasteiger partial charge in [-0.1, -0.05) is 99.6 Å². The number of carbonyl (C=O) groups excluding carboxylic acids is 5. The third-order valence-electron chi connectivity index (χ3n) is 14.3. The Bertz CT molecular complexity index is 1500. The third kappa shape index (κ3) is 48.9. The molecule has 482 valence electrons. The quantitative estimate of drug-likeness (QED) is 0.0192. The zero-order valence-electron chi connectivity index (χ0n) is 52.3. The molecule has 0 amide bonds. The summed E-state index contributed by atoms with van der Waals surface area (Å²) in [6, 6.07) is 0. The van der Waals surface area contributed by atoms with Gasteiger partial charge in [-0.05, 0) is 124 Å². The van der Waals surface area contributed by atoms with Gasteiger partial charge in [-0.25, -0.2) is 0 Å². The van der Waals surface area contributed by atoms with E-state index in [2.05, 4.69) is 33.4 Å². The lowest BCUT2D eigenvalue weighted by Crippen LogP contribution is -2.47. The van der Waals surface area contributed by atoms with Crippen LogP contribution in [0.5, 0.6) is 0 Å². The first-order chi connectivity index (χ1) is 39.5. The van der Waals surface area contributed by atoms with Crippen molar-refractivity contribution in [2.45, 2.75) is 258 Å². The molecule has 0 saturated carbocycles. The summed E-state index contributed by atoms with van der Waals surface area (Å²) in [5.74, 6) is 1.07. The number of rotatable bonds is 56. The van der Waals surface area contributed by atoms with Gasteiger partial charge in [0.1, 0.15) is 6.61 Å². The van der Waals surface area contributed by atoms with E-state index in [4.69, 9.17) is 23.7 Å². The van der Waals surface area contributed by atoms with Crippen molar-refractivity contribution in [3.8, 4) is 0 Å². The van der Waals surface area contributed by atoms with Gasteiger partial charge in [-0.2, -0.15) is 0 Å². The van der Waals surface area contributed by atoms with Crippen molar-refractivity contribution in [1.29, 1.82) is 0 Å². The smallest absolute Gasteiger partial charge is 0.306 e. The topological polar surface area (TPSA) is 225 Å². The van der Waals surface area contributed by atoms with Crippen LogP contribution in [0.3, 0.4) is 0 Å². The molecule has 1 aliphatic heterocycles. The van der Waals surface area contributed by atoms with Crippen LogP contribution >= 0.6 is 21.6 Å². The minimum atomic E-state index is -0.559. The number of carbonyl (C=O) groups is 5. The van der Waals surface area contributed by atoms with Crippen LogP contribution in [-0.2, 0) is 47.7 Å². The molecule has 20 heteroatoms. The summed E-state index contributed by atoms with van der Waals surface area (Å²) in [5.41, 5.74) is 0. The molecule has 0 spiro atoms. The van der Waals surface area contributed by atoms with E-state index < -0.39 is 24.4 Å². The van der Waals surface area contributed by atoms with Gasteiger partial charge in [0.05, 0.1) is 49.8 Å². The maximum Gasteiger partial charge on any atom is 0.306 e. The predicted molar refractivity (Wildman–Crippen MR) is 331 cm³/mol. The fourth-order valence-corrected chi connectivity index (χ4v) is 11.8. The maximum absolute atomic E-state index is 12.8. The zero-order valence-corrected chi connectivity index (χ0v) is 53.9. The first-order valence-corrected chi connectivity index (χ1v) is 34.7. The van der Waals surface area contributed by atoms with Crippen LogP contribution in [-0.4, -0.2) is 216 Å². The number of esters is 5. The molecular formula is C62H118N4O14S2.